The molecular formula is C12H13ClFNO2. The molecule has 1 amide bonds. The van der Waals surface area contributed by atoms with Crippen LogP contribution in [0, 0.1) is 5.82 Å². The minimum Gasteiger partial charge on any atom is -0.315 e. The molecule has 0 atom stereocenters. The van der Waals surface area contributed by atoms with Crippen molar-refractivity contribution in [1.29, 1.82) is 0 Å². The molecule has 3 nitrogen and oxygen atoms in total. The Kier molecular flexibility index (Phi) is 4.63. The van der Waals surface area contributed by atoms with Crippen LogP contribution in [0.25, 0.3) is 0 Å². The first kappa shape index (κ1) is 13.6. The molecule has 0 bridgehead atoms. The highest BCUT2D eigenvalue weighted by atomic mass is 35.5. The Morgan fingerprint density at radius 3 is 2.53 bits per heavy atom. The second kappa shape index (κ2) is 5.77. The summed E-state index contributed by atoms with van der Waals surface area (Å²) >= 11 is 5.62. The van der Waals surface area contributed by atoms with E-state index in [9.17, 15) is 14.0 Å². The Hall–Kier alpha value is -1.42. The lowest BCUT2D eigenvalue weighted by Gasteiger charge is -2.17. The predicted molar refractivity (Wildman–Crippen MR) is 64.7 cm³/mol. The van der Waals surface area contributed by atoms with Gasteiger partial charge in [0.1, 0.15) is 11.6 Å². The maximum Gasteiger partial charge on any atom is 0.227 e. The average Bonchev–Trinajstić information content (AvgIpc) is 2.28. The Bertz CT molecular complexity index is 448. The molecule has 0 N–H and O–H groups in total. The summed E-state index contributed by atoms with van der Waals surface area (Å²) in [6, 6.07) is 4.04. The van der Waals surface area contributed by atoms with E-state index in [-0.39, 0.29) is 29.6 Å². The molecule has 1 rings (SSSR count). The Balaban J connectivity index is 2.74. The Morgan fingerprint density at radius 2 is 2.00 bits per heavy atom. The summed E-state index contributed by atoms with van der Waals surface area (Å²) in [6.45, 7) is 1.43. The van der Waals surface area contributed by atoms with Gasteiger partial charge in [-0.2, -0.15) is 0 Å². The van der Waals surface area contributed by atoms with Gasteiger partial charge in [0.2, 0.25) is 5.91 Å². The van der Waals surface area contributed by atoms with Gasteiger partial charge in [-0.25, -0.2) is 4.39 Å². The zero-order valence-corrected chi connectivity index (χ0v) is 10.4. The number of anilines is 1. The second-order valence-corrected chi connectivity index (χ2v) is 4.16. The molecule has 0 fully saturated rings. The van der Waals surface area contributed by atoms with Gasteiger partial charge in [0.15, 0.2) is 0 Å². The minimum atomic E-state index is -0.528. The van der Waals surface area contributed by atoms with E-state index in [0.717, 1.165) is 0 Å². The number of Topliss-reactive ketones (excluding diaryl/α,β-unsaturated/α-hetero) is 1. The third kappa shape index (κ3) is 3.82. The standard InChI is InChI=1S/C12H13ClFNO2/c1-8(16)3-6-12(17)15(2)9-4-5-11(14)10(13)7-9/h4-5,7H,3,6H2,1-2H3. The van der Waals surface area contributed by atoms with E-state index in [2.05, 4.69) is 0 Å². The Labute approximate surface area is 104 Å². The number of ketones is 1. The molecule has 0 saturated carbocycles. The van der Waals surface area contributed by atoms with Gasteiger partial charge in [0.05, 0.1) is 5.02 Å². The highest BCUT2D eigenvalue weighted by molar-refractivity contribution is 6.31. The van der Waals surface area contributed by atoms with Crippen molar-refractivity contribution in [2.45, 2.75) is 19.8 Å². The van der Waals surface area contributed by atoms with Crippen LogP contribution in [0.15, 0.2) is 18.2 Å². The second-order valence-electron chi connectivity index (χ2n) is 3.75. The van der Waals surface area contributed by atoms with Crippen LogP contribution in [0.2, 0.25) is 5.02 Å². The van der Waals surface area contributed by atoms with Crippen molar-refractivity contribution in [1.82, 2.24) is 0 Å². The lowest BCUT2D eigenvalue weighted by atomic mass is 10.2. The molecular weight excluding hydrogens is 245 g/mol. The van der Waals surface area contributed by atoms with E-state index in [4.69, 9.17) is 11.6 Å². The summed E-state index contributed by atoms with van der Waals surface area (Å²) < 4.78 is 12.9. The molecule has 92 valence electrons. The monoisotopic (exact) mass is 257 g/mol. The molecule has 1 aromatic rings. The average molecular weight is 258 g/mol. The van der Waals surface area contributed by atoms with Gasteiger partial charge in [-0.1, -0.05) is 11.6 Å². The van der Waals surface area contributed by atoms with Crippen molar-refractivity contribution in [3.05, 3.63) is 29.0 Å². The van der Waals surface area contributed by atoms with Crippen LogP contribution in [0.4, 0.5) is 10.1 Å². The third-order valence-electron chi connectivity index (χ3n) is 2.36. The zero-order valence-electron chi connectivity index (χ0n) is 9.67. The van der Waals surface area contributed by atoms with E-state index in [1.165, 1.54) is 30.0 Å². The number of amides is 1. The molecule has 0 radical (unpaired) electrons. The van der Waals surface area contributed by atoms with Gasteiger partial charge in [0, 0.05) is 25.6 Å². The van der Waals surface area contributed by atoms with Gasteiger partial charge in [0.25, 0.3) is 0 Å². The topological polar surface area (TPSA) is 37.4 Å². The summed E-state index contributed by atoms with van der Waals surface area (Å²) in [4.78, 5) is 23.8. The number of carbonyl (C=O) groups excluding carboxylic acids is 2. The number of hydrogen-bond donors (Lipinski definition) is 0. The zero-order chi connectivity index (χ0) is 13.0. The fourth-order valence-corrected chi connectivity index (χ4v) is 1.46. The molecule has 5 heteroatoms. The summed E-state index contributed by atoms with van der Waals surface area (Å²) in [5, 5.41) is -0.0336. The summed E-state index contributed by atoms with van der Waals surface area (Å²) in [7, 11) is 1.56. The van der Waals surface area contributed by atoms with Crippen LogP contribution >= 0.6 is 11.6 Å². The quantitative estimate of drug-likeness (QED) is 0.832. The molecule has 0 spiro atoms. The highest BCUT2D eigenvalue weighted by Gasteiger charge is 2.12. The SMILES string of the molecule is CC(=O)CCC(=O)N(C)c1ccc(F)c(Cl)c1. The number of hydrogen-bond acceptors (Lipinski definition) is 2. The number of nitrogens with zero attached hydrogens (tertiary/aromatic N) is 1. The molecule has 0 aromatic heterocycles. The fraction of sp³-hybridized carbons (Fsp3) is 0.333. The highest BCUT2D eigenvalue weighted by Crippen LogP contribution is 2.22. The minimum absolute atomic E-state index is 0.0336. The van der Waals surface area contributed by atoms with Crippen LogP contribution in [-0.2, 0) is 9.59 Å². The largest absolute Gasteiger partial charge is 0.315 e. The van der Waals surface area contributed by atoms with E-state index < -0.39 is 5.82 Å². The molecule has 0 aliphatic heterocycles. The van der Waals surface area contributed by atoms with Crippen molar-refractivity contribution in [2.75, 3.05) is 11.9 Å². The predicted octanol–water partition coefficient (Wildman–Crippen LogP) is 2.81. The lowest BCUT2D eigenvalue weighted by Crippen LogP contribution is -2.26. The normalized spacial score (nSPS) is 10.1. The smallest absolute Gasteiger partial charge is 0.227 e. The van der Waals surface area contributed by atoms with Crippen LogP contribution in [0.5, 0.6) is 0 Å². The van der Waals surface area contributed by atoms with E-state index in [0.29, 0.717) is 5.69 Å². The maximum atomic E-state index is 12.9. The number of rotatable bonds is 4. The van der Waals surface area contributed by atoms with Gasteiger partial charge in [-0.05, 0) is 25.1 Å². The molecule has 0 saturated heterocycles. The lowest BCUT2D eigenvalue weighted by molar-refractivity contribution is -0.122. The summed E-state index contributed by atoms with van der Waals surface area (Å²) in [5.74, 6) is -0.772. The van der Waals surface area contributed by atoms with Crippen LogP contribution in [0.1, 0.15) is 19.8 Å². The third-order valence-corrected chi connectivity index (χ3v) is 2.65. The first-order chi connectivity index (χ1) is 7.91. The Morgan fingerprint density at radius 1 is 1.35 bits per heavy atom. The van der Waals surface area contributed by atoms with E-state index in [1.807, 2.05) is 0 Å². The number of carbonyl (C=O) groups is 2. The van der Waals surface area contributed by atoms with Crippen LogP contribution in [-0.4, -0.2) is 18.7 Å². The molecule has 0 aliphatic carbocycles. The van der Waals surface area contributed by atoms with Crippen molar-refractivity contribution in [2.24, 2.45) is 0 Å². The molecule has 0 heterocycles. The number of halogens is 2. The maximum absolute atomic E-state index is 12.9. The van der Waals surface area contributed by atoms with Gasteiger partial charge < -0.3 is 9.69 Å². The molecule has 0 unspecified atom stereocenters. The molecule has 0 aliphatic rings. The molecule has 17 heavy (non-hydrogen) atoms. The van der Waals surface area contributed by atoms with Crippen LogP contribution in [0.3, 0.4) is 0 Å². The van der Waals surface area contributed by atoms with Crippen molar-refractivity contribution >= 4 is 29.0 Å². The van der Waals surface area contributed by atoms with Crippen molar-refractivity contribution in [3.63, 3.8) is 0 Å². The number of benzene rings is 1. The van der Waals surface area contributed by atoms with Gasteiger partial charge in [-0.3, -0.25) is 4.79 Å². The van der Waals surface area contributed by atoms with Crippen LogP contribution < -0.4 is 4.90 Å². The van der Waals surface area contributed by atoms with E-state index in [1.54, 1.807) is 7.05 Å². The fourth-order valence-electron chi connectivity index (χ4n) is 1.29. The van der Waals surface area contributed by atoms with Gasteiger partial charge in [-0.15, -0.1) is 0 Å². The van der Waals surface area contributed by atoms with Crippen molar-refractivity contribution < 1.29 is 14.0 Å². The summed E-state index contributed by atoms with van der Waals surface area (Å²) in [6.07, 6.45) is 0.346. The first-order valence-corrected chi connectivity index (χ1v) is 5.50. The van der Waals surface area contributed by atoms with E-state index >= 15 is 0 Å². The first-order valence-electron chi connectivity index (χ1n) is 5.13. The van der Waals surface area contributed by atoms with Gasteiger partial charge >= 0.3 is 0 Å². The summed E-state index contributed by atoms with van der Waals surface area (Å²) in [5.41, 5.74) is 0.505. The van der Waals surface area contributed by atoms with Crippen molar-refractivity contribution in [3.8, 4) is 0 Å². The molecule has 1 aromatic carbocycles.